The maximum Gasteiger partial charge on any atom is 0.451 e. The zero-order chi connectivity index (χ0) is 14.3. The Bertz CT molecular complexity index is 614. The molecule has 0 aliphatic carbocycles. The Balaban J connectivity index is 1.77. The molecule has 1 aliphatic heterocycles. The van der Waals surface area contributed by atoms with Gasteiger partial charge in [-0.2, -0.15) is 13.2 Å². The van der Waals surface area contributed by atoms with E-state index in [0.29, 0.717) is 25.5 Å². The second-order valence-electron chi connectivity index (χ2n) is 4.80. The molecule has 0 amide bonds. The van der Waals surface area contributed by atoms with Gasteiger partial charge in [0.2, 0.25) is 5.82 Å². The molecule has 20 heavy (non-hydrogen) atoms. The standard InChI is InChI=1S/C11H13F3N6/c1-18-7-15-4-8(18)5-19-2-3-20-9(6-19)16-17-10(20)11(12,13)14/h4,7H,2-3,5-6H2,1H3. The van der Waals surface area contributed by atoms with Crippen molar-refractivity contribution in [2.75, 3.05) is 6.54 Å². The van der Waals surface area contributed by atoms with Crippen molar-refractivity contribution >= 4 is 0 Å². The maximum absolute atomic E-state index is 12.7. The second-order valence-corrected chi connectivity index (χ2v) is 4.80. The Morgan fingerprint density at radius 2 is 2.05 bits per heavy atom. The molecule has 0 aromatic carbocycles. The summed E-state index contributed by atoms with van der Waals surface area (Å²) in [6.07, 6.45) is -1.00. The number of aryl methyl sites for hydroxylation is 1. The van der Waals surface area contributed by atoms with Crippen molar-refractivity contribution in [1.82, 2.24) is 29.2 Å². The summed E-state index contributed by atoms with van der Waals surface area (Å²) in [7, 11) is 1.89. The lowest BCUT2D eigenvalue weighted by Crippen LogP contribution is -2.35. The van der Waals surface area contributed by atoms with Crippen LogP contribution >= 0.6 is 0 Å². The Hall–Kier alpha value is -1.90. The highest BCUT2D eigenvalue weighted by atomic mass is 19.4. The number of halogens is 3. The SMILES string of the molecule is Cn1cncc1CN1CCn2c(nnc2C(F)(F)F)C1. The summed E-state index contributed by atoms with van der Waals surface area (Å²) in [5, 5.41) is 6.92. The minimum Gasteiger partial charge on any atom is -0.337 e. The Morgan fingerprint density at radius 1 is 1.25 bits per heavy atom. The van der Waals surface area contributed by atoms with Gasteiger partial charge in [0.05, 0.1) is 18.6 Å². The third-order valence-electron chi connectivity index (χ3n) is 3.39. The highest BCUT2D eigenvalue weighted by Gasteiger charge is 2.39. The van der Waals surface area contributed by atoms with Gasteiger partial charge in [-0.3, -0.25) is 4.90 Å². The molecule has 0 bridgehead atoms. The van der Waals surface area contributed by atoms with Crippen LogP contribution in [-0.4, -0.2) is 35.8 Å². The molecule has 0 saturated carbocycles. The van der Waals surface area contributed by atoms with Crippen LogP contribution in [0.5, 0.6) is 0 Å². The summed E-state index contributed by atoms with van der Waals surface area (Å²) in [5.41, 5.74) is 1.01. The molecule has 2 aromatic rings. The van der Waals surface area contributed by atoms with Gasteiger partial charge in [-0.25, -0.2) is 4.98 Å². The summed E-state index contributed by atoms with van der Waals surface area (Å²) in [5.74, 6) is -0.557. The molecule has 0 unspecified atom stereocenters. The first-order valence-corrected chi connectivity index (χ1v) is 6.12. The van der Waals surface area contributed by atoms with E-state index in [1.807, 2.05) is 16.5 Å². The van der Waals surface area contributed by atoms with Crippen LogP contribution in [0.2, 0.25) is 0 Å². The Kier molecular flexibility index (Phi) is 3.00. The Labute approximate surface area is 112 Å². The first-order chi connectivity index (χ1) is 9.45. The average Bonchev–Trinajstić information content (AvgIpc) is 2.95. The van der Waals surface area contributed by atoms with Gasteiger partial charge < -0.3 is 9.13 Å². The fourth-order valence-electron chi connectivity index (χ4n) is 2.32. The first kappa shape index (κ1) is 13.1. The number of aromatic nitrogens is 5. The molecule has 0 fully saturated rings. The number of alkyl halides is 3. The third kappa shape index (κ3) is 2.28. The molecule has 2 aromatic heterocycles. The summed E-state index contributed by atoms with van der Waals surface area (Å²) in [6.45, 7) is 1.76. The van der Waals surface area contributed by atoms with Crippen LogP contribution in [0, 0.1) is 0 Å². The molecule has 0 atom stereocenters. The van der Waals surface area contributed by atoms with Gasteiger partial charge in [0.15, 0.2) is 0 Å². The fraction of sp³-hybridized carbons (Fsp3) is 0.545. The molecule has 9 heteroatoms. The summed E-state index contributed by atoms with van der Waals surface area (Å²) in [4.78, 5) is 6.05. The van der Waals surface area contributed by atoms with Crippen molar-refractivity contribution in [3.63, 3.8) is 0 Å². The third-order valence-corrected chi connectivity index (χ3v) is 3.39. The van der Waals surface area contributed by atoms with Gasteiger partial charge in [-0.05, 0) is 0 Å². The van der Waals surface area contributed by atoms with Crippen LogP contribution in [0.4, 0.5) is 13.2 Å². The molecule has 0 N–H and O–H groups in total. The number of rotatable bonds is 2. The van der Waals surface area contributed by atoms with E-state index < -0.39 is 12.0 Å². The van der Waals surface area contributed by atoms with E-state index in [9.17, 15) is 13.2 Å². The van der Waals surface area contributed by atoms with Crippen LogP contribution in [0.15, 0.2) is 12.5 Å². The van der Waals surface area contributed by atoms with Gasteiger partial charge in [-0.1, -0.05) is 0 Å². The minimum absolute atomic E-state index is 0.245. The van der Waals surface area contributed by atoms with Crippen molar-refractivity contribution in [3.05, 3.63) is 29.9 Å². The quantitative estimate of drug-likeness (QED) is 0.828. The van der Waals surface area contributed by atoms with Crippen LogP contribution in [0.1, 0.15) is 17.3 Å². The van der Waals surface area contributed by atoms with E-state index >= 15 is 0 Å². The van der Waals surface area contributed by atoms with Crippen molar-refractivity contribution in [2.45, 2.75) is 25.8 Å². The molecule has 3 heterocycles. The lowest BCUT2D eigenvalue weighted by molar-refractivity contribution is -0.148. The van der Waals surface area contributed by atoms with Crippen LogP contribution in [-0.2, 0) is 32.9 Å². The van der Waals surface area contributed by atoms with Gasteiger partial charge in [-0.15, -0.1) is 10.2 Å². The zero-order valence-electron chi connectivity index (χ0n) is 10.8. The van der Waals surface area contributed by atoms with E-state index in [1.165, 1.54) is 0 Å². The molecule has 3 rings (SSSR count). The number of hydrogen-bond acceptors (Lipinski definition) is 4. The largest absolute Gasteiger partial charge is 0.451 e. The van der Waals surface area contributed by atoms with Crippen molar-refractivity contribution in [1.29, 1.82) is 0 Å². The van der Waals surface area contributed by atoms with Gasteiger partial charge in [0, 0.05) is 32.9 Å². The van der Waals surface area contributed by atoms with Crippen LogP contribution in [0.3, 0.4) is 0 Å². The first-order valence-electron chi connectivity index (χ1n) is 6.12. The summed E-state index contributed by atoms with van der Waals surface area (Å²) < 4.78 is 41.2. The summed E-state index contributed by atoms with van der Waals surface area (Å²) in [6, 6.07) is 0. The van der Waals surface area contributed by atoms with E-state index in [1.54, 1.807) is 12.5 Å². The van der Waals surface area contributed by atoms with E-state index in [4.69, 9.17) is 0 Å². The molecular weight excluding hydrogens is 273 g/mol. The smallest absolute Gasteiger partial charge is 0.337 e. The highest BCUT2D eigenvalue weighted by Crippen LogP contribution is 2.29. The Morgan fingerprint density at radius 3 is 2.70 bits per heavy atom. The minimum atomic E-state index is -4.45. The maximum atomic E-state index is 12.7. The summed E-state index contributed by atoms with van der Waals surface area (Å²) >= 11 is 0. The van der Waals surface area contributed by atoms with Gasteiger partial charge in [0.1, 0.15) is 5.82 Å². The number of nitrogens with zero attached hydrogens (tertiary/aromatic N) is 6. The fourth-order valence-corrected chi connectivity index (χ4v) is 2.32. The monoisotopic (exact) mass is 286 g/mol. The topological polar surface area (TPSA) is 51.8 Å². The number of fused-ring (bicyclic) bond motifs is 1. The molecular formula is C11H13F3N6. The van der Waals surface area contributed by atoms with E-state index in [2.05, 4.69) is 15.2 Å². The van der Waals surface area contributed by atoms with Crippen molar-refractivity contribution < 1.29 is 13.2 Å². The van der Waals surface area contributed by atoms with E-state index in [0.717, 1.165) is 10.3 Å². The zero-order valence-corrected chi connectivity index (χ0v) is 10.8. The lowest BCUT2D eigenvalue weighted by atomic mass is 10.3. The normalized spacial score (nSPS) is 16.4. The molecule has 0 spiro atoms. The van der Waals surface area contributed by atoms with Gasteiger partial charge in [0.25, 0.3) is 0 Å². The predicted molar refractivity (Wildman–Crippen MR) is 62.3 cm³/mol. The molecule has 108 valence electrons. The molecule has 1 aliphatic rings. The van der Waals surface area contributed by atoms with Crippen LogP contribution in [0.25, 0.3) is 0 Å². The average molecular weight is 286 g/mol. The molecule has 0 saturated heterocycles. The van der Waals surface area contributed by atoms with Crippen LogP contribution < -0.4 is 0 Å². The molecule has 0 radical (unpaired) electrons. The number of imidazole rings is 1. The molecule has 6 nitrogen and oxygen atoms in total. The van der Waals surface area contributed by atoms with E-state index in [-0.39, 0.29) is 6.54 Å². The second kappa shape index (κ2) is 4.58. The number of hydrogen-bond donors (Lipinski definition) is 0. The lowest BCUT2D eigenvalue weighted by Gasteiger charge is -2.27. The van der Waals surface area contributed by atoms with Crippen molar-refractivity contribution in [2.24, 2.45) is 7.05 Å². The van der Waals surface area contributed by atoms with Crippen molar-refractivity contribution in [3.8, 4) is 0 Å². The van der Waals surface area contributed by atoms with Gasteiger partial charge >= 0.3 is 6.18 Å². The predicted octanol–water partition coefficient (Wildman–Crippen LogP) is 1.05. The highest BCUT2D eigenvalue weighted by molar-refractivity contribution is 5.04.